The van der Waals surface area contributed by atoms with Crippen molar-refractivity contribution < 1.29 is 23.7 Å². The Morgan fingerprint density at radius 1 is 0.909 bits per heavy atom. The molecule has 0 bridgehead atoms. The van der Waals surface area contributed by atoms with Gasteiger partial charge in [0.15, 0.2) is 17.3 Å². The molecule has 0 saturated carbocycles. The summed E-state index contributed by atoms with van der Waals surface area (Å²) in [5.41, 5.74) is 3.62. The van der Waals surface area contributed by atoms with Crippen molar-refractivity contribution in [1.82, 2.24) is 4.90 Å². The van der Waals surface area contributed by atoms with Crippen molar-refractivity contribution >= 4 is 11.9 Å². The molecule has 0 amide bonds. The number of benzene rings is 3. The SMILES string of the molecule is O=C1/C(=C/C=C/c2ccccc2)Oc2c1ccc1c2CN(Cc2ccc3c(c2)OCO3)CO1. The highest BCUT2D eigenvalue weighted by atomic mass is 16.7. The van der Waals surface area contributed by atoms with Gasteiger partial charge in [-0.2, -0.15) is 0 Å². The van der Waals surface area contributed by atoms with E-state index < -0.39 is 0 Å². The lowest BCUT2D eigenvalue weighted by molar-refractivity contribution is 0.0872. The maximum Gasteiger partial charge on any atom is 0.231 e. The Hall–Kier alpha value is -4.03. The maximum atomic E-state index is 12.9. The van der Waals surface area contributed by atoms with Crippen LogP contribution in [-0.2, 0) is 13.1 Å². The van der Waals surface area contributed by atoms with E-state index >= 15 is 0 Å². The first-order valence-corrected chi connectivity index (χ1v) is 10.8. The highest BCUT2D eigenvalue weighted by Crippen LogP contribution is 2.42. The smallest absolute Gasteiger partial charge is 0.231 e. The Balaban J connectivity index is 1.21. The van der Waals surface area contributed by atoms with Crippen LogP contribution in [0.3, 0.4) is 0 Å². The van der Waals surface area contributed by atoms with Gasteiger partial charge in [-0.3, -0.25) is 9.69 Å². The molecule has 0 fully saturated rings. The van der Waals surface area contributed by atoms with Crippen LogP contribution < -0.4 is 18.9 Å². The van der Waals surface area contributed by atoms with E-state index in [0.717, 1.165) is 33.9 Å². The number of ether oxygens (including phenoxy) is 4. The average Bonchev–Trinajstić information content (AvgIpc) is 3.44. The van der Waals surface area contributed by atoms with Gasteiger partial charge in [0.2, 0.25) is 12.6 Å². The fraction of sp³-hybridized carbons (Fsp3) is 0.148. The van der Waals surface area contributed by atoms with E-state index in [4.69, 9.17) is 18.9 Å². The second-order valence-electron chi connectivity index (χ2n) is 8.10. The van der Waals surface area contributed by atoms with Gasteiger partial charge in [-0.05, 0) is 41.5 Å². The molecule has 33 heavy (non-hydrogen) atoms. The molecule has 164 valence electrons. The molecule has 0 spiro atoms. The van der Waals surface area contributed by atoms with Crippen LogP contribution >= 0.6 is 0 Å². The van der Waals surface area contributed by atoms with Gasteiger partial charge in [-0.1, -0.05) is 48.6 Å². The minimum absolute atomic E-state index is 0.113. The minimum Gasteiger partial charge on any atom is -0.478 e. The molecule has 3 aliphatic heterocycles. The third kappa shape index (κ3) is 3.75. The van der Waals surface area contributed by atoms with Crippen molar-refractivity contribution in [3.8, 4) is 23.0 Å². The second-order valence-corrected chi connectivity index (χ2v) is 8.10. The van der Waals surface area contributed by atoms with Gasteiger partial charge in [0.05, 0.1) is 11.1 Å². The molecule has 3 aromatic carbocycles. The van der Waals surface area contributed by atoms with E-state index in [2.05, 4.69) is 4.90 Å². The number of rotatable bonds is 4. The molecule has 0 N–H and O–H groups in total. The summed E-state index contributed by atoms with van der Waals surface area (Å²) in [5, 5.41) is 0. The molecule has 0 aliphatic carbocycles. The van der Waals surface area contributed by atoms with Gasteiger partial charge >= 0.3 is 0 Å². The van der Waals surface area contributed by atoms with Gasteiger partial charge in [0.1, 0.15) is 18.2 Å². The van der Waals surface area contributed by atoms with Crippen LogP contribution in [0.4, 0.5) is 0 Å². The van der Waals surface area contributed by atoms with Crippen LogP contribution in [0.1, 0.15) is 27.0 Å². The summed E-state index contributed by atoms with van der Waals surface area (Å²) < 4.78 is 22.9. The van der Waals surface area contributed by atoms with E-state index in [1.54, 1.807) is 12.1 Å². The zero-order valence-electron chi connectivity index (χ0n) is 17.8. The zero-order valence-corrected chi connectivity index (χ0v) is 17.8. The number of Topliss-reactive ketones (excluding diaryl/α,β-unsaturated/α-hetero) is 1. The third-order valence-corrected chi connectivity index (χ3v) is 5.86. The first-order chi connectivity index (χ1) is 16.2. The molecular weight excluding hydrogens is 418 g/mol. The summed E-state index contributed by atoms with van der Waals surface area (Å²) in [6.45, 7) is 2.01. The summed E-state index contributed by atoms with van der Waals surface area (Å²) >= 11 is 0. The lowest BCUT2D eigenvalue weighted by Crippen LogP contribution is -2.31. The van der Waals surface area contributed by atoms with Crippen molar-refractivity contribution in [3.63, 3.8) is 0 Å². The van der Waals surface area contributed by atoms with E-state index in [9.17, 15) is 4.79 Å². The molecule has 6 rings (SSSR count). The molecule has 3 aromatic rings. The van der Waals surface area contributed by atoms with Crippen LogP contribution in [0.25, 0.3) is 6.08 Å². The Bertz CT molecular complexity index is 1300. The van der Waals surface area contributed by atoms with Crippen molar-refractivity contribution in [1.29, 1.82) is 0 Å². The molecule has 3 aliphatic rings. The van der Waals surface area contributed by atoms with Crippen molar-refractivity contribution in [2.24, 2.45) is 0 Å². The molecular formula is C27H21NO5. The van der Waals surface area contributed by atoms with E-state index in [1.807, 2.05) is 66.7 Å². The number of nitrogens with zero attached hydrogens (tertiary/aromatic N) is 1. The molecule has 0 atom stereocenters. The lowest BCUT2D eigenvalue weighted by Gasteiger charge is -2.29. The molecule has 0 saturated heterocycles. The van der Waals surface area contributed by atoms with Crippen molar-refractivity contribution in [3.05, 3.63) is 101 Å². The zero-order chi connectivity index (χ0) is 22.2. The van der Waals surface area contributed by atoms with E-state index in [-0.39, 0.29) is 12.6 Å². The molecule has 0 aromatic heterocycles. The fourth-order valence-electron chi connectivity index (χ4n) is 4.23. The van der Waals surface area contributed by atoms with Gasteiger partial charge < -0.3 is 18.9 Å². The lowest BCUT2D eigenvalue weighted by atomic mass is 10.0. The topological polar surface area (TPSA) is 57.2 Å². The van der Waals surface area contributed by atoms with Gasteiger partial charge in [-0.25, -0.2) is 0 Å². The number of carbonyl (C=O) groups is 1. The van der Waals surface area contributed by atoms with Crippen molar-refractivity contribution in [2.45, 2.75) is 13.1 Å². The average molecular weight is 439 g/mol. The summed E-state index contributed by atoms with van der Waals surface area (Å²) in [6, 6.07) is 19.5. The third-order valence-electron chi connectivity index (χ3n) is 5.86. The summed E-state index contributed by atoms with van der Waals surface area (Å²) in [4.78, 5) is 15.1. The number of ketones is 1. The second kappa shape index (κ2) is 8.15. The van der Waals surface area contributed by atoms with E-state index in [1.165, 1.54) is 0 Å². The number of hydrogen-bond acceptors (Lipinski definition) is 6. The molecule has 6 nitrogen and oxygen atoms in total. The van der Waals surface area contributed by atoms with Gasteiger partial charge in [0, 0.05) is 13.1 Å². The normalized spacial score (nSPS) is 17.7. The first kappa shape index (κ1) is 19.6. The van der Waals surface area contributed by atoms with E-state index in [0.29, 0.717) is 36.9 Å². The Kier molecular flexibility index (Phi) is 4.85. The molecule has 3 heterocycles. The van der Waals surface area contributed by atoms with Crippen LogP contribution in [0.5, 0.6) is 23.0 Å². The molecule has 6 heteroatoms. The number of carbonyl (C=O) groups excluding carboxylic acids is 1. The predicted molar refractivity (Wildman–Crippen MR) is 122 cm³/mol. The first-order valence-electron chi connectivity index (χ1n) is 10.8. The van der Waals surface area contributed by atoms with Crippen LogP contribution in [-0.4, -0.2) is 24.2 Å². The van der Waals surface area contributed by atoms with Crippen LogP contribution in [0, 0.1) is 0 Å². The number of hydrogen-bond donors (Lipinski definition) is 0. The van der Waals surface area contributed by atoms with Crippen molar-refractivity contribution in [2.75, 3.05) is 13.5 Å². The largest absolute Gasteiger partial charge is 0.478 e. The minimum atomic E-state index is -0.113. The Morgan fingerprint density at radius 2 is 1.76 bits per heavy atom. The Labute approximate surface area is 191 Å². The molecule has 0 radical (unpaired) electrons. The van der Waals surface area contributed by atoms with Gasteiger partial charge in [0.25, 0.3) is 0 Å². The summed E-state index contributed by atoms with van der Waals surface area (Å²) in [7, 11) is 0. The summed E-state index contributed by atoms with van der Waals surface area (Å²) in [6.07, 6.45) is 5.50. The summed E-state index contributed by atoms with van der Waals surface area (Å²) in [5.74, 6) is 3.08. The number of allylic oxidation sites excluding steroid dienone is 3. The quantitative estimate of drug-likeness (QED) is 0.537. The monoisotopic (exact) mass is 439 g/mol. The highest BCUT2D eigenvalue weighted by molar-refractivity contribution is 6.13. The Morgan fingerprint density at radius 3 is 2.67 bits per heavy atom. The van der Waals surface area contributed by atoms with Gasteiger partial charge in [-0.15, -0.1) is 0 Å². The number of fused-ring (bicyclic) bond motifs is 4. The predicted octanol–water partition coefficient (Wildman–Crippen LogP) is 4.94. The molecule has 0 unspecified atom stereocenters. The maximum absolute atomic E-state index is 12.9. The van der Waals surface area contributed by atoms with Crippen LogP contribution in [0.2, 0.25) is 0 Å². The standard InChI is InChI=1S/C27H21NO5/c29-26-20-10-12-22-21(27(20)33-24(26)8-4-7-18-5-2-1-3-6-18)15-28(16-30-22)14-19-9-11-23-25(13-19)32-17-31-23/h1-13H,14-17H2/b7-4+,24-8-. The van der Waals surface area contributed by atoms with Crippen LogP contribution in [0.15, 0.2) is 78.6 Å². The fourth-order valence-corrected chi connectivity index (χ4v) is 4.23. The highest BCUT2D eigenvalue weighted by Gasteiger charge is 2.33.